The molecule has 0 amide bonds. The van der Waals surface area contributed by atoms with Gasteiger partial charge in [-0.2, -0.15) is 4.99 Å². The maximum Gasteiger partial charge on any atom is 0.235 e. The molecule has 5 heteroatoms. The van der Waals surface area contributed by atoms with Crippen LogP contribution in [0.3, 0.4) is 0 Å². The number of benzene rings is 1. The lowest BCUT2D eigenvalue weighted by atomic mass is 9.72. The largest absolute Gasteiger partial charge is 0.504 e. The molecular formula is C12H12FNO3. The second-order valence-electron chi connectivity index (χ2n) is 4.09. The fourth-order valence-corrected chi connectivity index (χ4v) is 2.10. The third kappa shape index (κ3) is 1.78. The number of halogens is 1. The van der Waals surface area contributed by atoms with E-state index < -0.39 is 11.4 Å². The van der Waals surface area contributed by atoms with Gasteiger partial charge >= 0.3 is 0 Å². The van der Waals surface area contributed by atoms with Crippen LogP contribution in [0.4, 0.5) is 4.39 Å². The SMILES string of the molecule is COc1cc(F)c(C2(N=C=O)CCC2)cc1O. The molecule has 2 rings (SSSR count). The van der Waals surface area contributed by atoms with E-state index in [-0.39, 0.29) is 17.1 Å². The Morgan fingerprint density at radius 2 is 2.24 bits per heavy atom. The average Bonchev–Trinajstić information content (AvgIpc) is 2.26. The molecule has 0 aromatic heterocycles. The van der Waals surface area contributed by atoms with Gasteiger partial charge < -0.3 is 9.84 Å². The number of ether oxygens (including phenoxy) is 1. The summed E-state index contributed by atoms with van der Waals surface area (Å²) in [5.41, 5.74) is -0.624. The van der Waals surface area contributed by atoms with Crippen molar-refractivity contribution in [2.75, 3.05) is 7.11 Å². The quantitative estimate of drug-likeness (QED) is 0.648. The Bertz CT molecular complexity index is 491. The summed E-state index contributed by atoms with van der Waals surface area (Å²) in [6, 6.07) is 2.37. The number of hydrogen-bond donors (Lipinski definition) is 1. The summed E-state index contributed by atoms with van der Waals surface area (Å²) in [5, 5.41) is 9.64. The molecule has 0 saturated heterocycles. The minimum absolute atomic E-state index is 0.0656. The number of phenols is 1. The molecule has 1 aliphatic carbocycles. The average molecular weight is 237 g/mol. The van der Waals surface area contributed by atoms with Crippen LogP contribution in [0.2, 0.25) is 0 Å². The van der Waals surface area contributed by atoms with E-state index in [1.165, 1.54) is 19.3 Å². The molecule has 0 heterocycles. The van der Waals surface area contributed by atoms with Gasteiger partial charge in [0.2, 0.25) is 6.08 Å². The Kier molecular flexibility index (Phi) is 2.86. The van der Waals surface area contributed by atoms with Crippen molar-refractivity contribution in [2.24, 2.45) is 4.99 Å². The van der Waals surface area contributed by atoms with Crippen LogP contribution in [0.5, 0.6) is 11.5 Å². The Morgan fingerprint density at radius 3 is 2.71 bits per heavy atom. The van der Waals surface area contributed by atoms with Crippen LogP contribution >= 0.6 is 0 Å². The fraction of sp³-hybridized carbons (Fsp3) is 0.417. The zero-order valence-electron chi connectivity index (χ0n) is 9.36. The summed E-state index contributed by atoms with van der Waals surface area (Å²) >= 11 is 0. The van der Waals surface area contributed by atoms with Crippen LogP contribution in [0.25, 0.3) is 0 Å². The highest BCUT2D eigenvalue weighted by Gasteiger charge is 2.41. The number of rotatable bonds is 3. The number of carbonyl (C=O) groups excluding carboxylic acids is 1. The Labute approximate surface area is 97.7 Å². The first kappa shape index (κ1) is 11.6. The van der Waals surface area contributed by atoms with Crippen LogP contribution in [-0.2, 0) is 10.3 Å². The summed E-state index contributed by atoms with van der Waals surface area (Å²) in [4.78, 5) is 14.1. The van der Waals surface area contributed by atoms with Crippen LogP contribution < -0.4 is 4.74 Å². The van der Waals surface area contributed by atoms with E-state index in [1.807, 2.05) is 0 Å². The smallest absolute Gasteiger partial charge is 0.235 e. The zero-order chi connectivity index (χ0) is 12.5. The fourth-order valence-electron chi connectivity index (χ4n) is 2.10. The summed E-state index contributed by atoms with van der Waals surface area (Å²) in [7, 11) is 1.34. The lowest BCUT2D eigenvalue weighted by Gasteiger charge is -2.37. The van der Waals surface area contributed by atoms with Crippen molar-refractivity contribution < 1.29 is 19.0 Å². The second-order valence-corrected chi connectivity index (χ2v) is 4.09. The molecule has 1 aliphatic rings. The maximum absolute atomic E-state index is 13.9. The minimum Gasteiger partial charge on any atom is -0.504 e. The first-order valence-electron chi connectivity index (χ1n) is 5.29. The van der Waals surface area contributed by atoms with E-state index in [0.29, 0.717) is 12.8 Å². The number of methoxy groups -OCH3 is 1. The Hall–Kier alpha value is -1.87. The maximum atomic E-state index is 13.9. The molecule has 1 N–H and O–H groups in total. The van der Waals surface area contributed by atoms with Crippen molar-refractivity contribution in [3.63, 3.8) is 0 Å². The van der Waals surface area contributed by atoms with Crippen LogP contribution in [0, 0.1) is 5.82 Å². The van der Waals surface area contributed by atoms with Crippen LogP contribution in [0.1, 0.15) is 24.8 Å². The molecule has 1 saturated carbocycles. The lowest BCUT2D eigenvalue weighted by Crippen LogP contribution is -2.32. The van der Waals surface area contributed by atoms with E-state index >= 15 is 0 Å². The molecule has 0 bridgehead atoms. The van der Waals surface area contributed by atoms with Gasteiger partial charge in [-0.25, -0.2) is 9.18 Å². The monoisotopic (exact) mass is 237 g/mol. The van der Waals surface area contributed by atoms with Crippen molar-refractivity contribution >= 4 is 6.08 Å². The Morgan fingerprint density at radius 1 is 1.53 bits per heavy atom. The molecule has 0 radical (unpaired) electrons. The standard InChI is InChI=1S/C12H12FNO3/c1-17-11-6-9(13)8(5-10(11)16)12(14-7-15)3-2-4-12/h5-6,16H,2-4H2,1H3. The van der Waals surface area contributed by atoms with Crippen LogP contribution in [0.15, 0.2) is 17.1 Å². The number of phenolic OH excluding ortho intramolecular Hbond substituents is 1. The van der Waals surface area contributed by atoms with Gasteiger partial charge in [0.15, 0.2) is 11.5 Å². The molecule has 0 spiro atoms. The van der Waals surface area contributed by atoms with Gasteiger partial charge in [0.25, 0.3) is 0 Å². The first-order valence-corrected chi connectivity index (χ1v) is 5.29. The minimum atomic E-state index is -0.852. The van der Waals surface area contributed by atoms with E-state index in [1.54, 1.807) is 0 Å². The third-order valence-electron chi connectivity index (χ3n) is 3.21. The van der Waals surface area contributed by atoms with E-state index in [4.69, 9.17) is 4.74 Å². The first-order chi connectivity index (χ1) is 8.13. The third-order valence-corrected chi connectivity index (χ3v) is 3.21. The van der Waals surface area contributed by atoms with Gasteiger partial charge in [-0.15, -0.1) is 0 Å². The molecule has 0 unspecified atom stereocenters. The number of nitrogens with zero attached hydrogens (tertiary/aromatic N) is 1. The van der Waals surface area contributed by atoms with E-state index in [9.17, 15) is 14.3 Å². The molecule has 0 atom stereocenters. The van der Waals surface area contributed by atoms with Crippen molar-refractivity contribution in [2.45, 2.75) is 24.8 Å². The van der Waals surface area contributed by atoms with Crippen molar-refractivity contribution in [3.8, 4) is 11.5 Å². The predicted molar refractivity (Wildman–Crippen MR) is 58.3 cm³/mol. The molecule has 17 heavy (non-hydrogen) atoms. The highest BCUT2D eigenvalue weighted by molar-refractivity contribution is 5.47. The summed E-state index contributed by atoms with van der Waals surface area (Å²) in [5.74, 6) is -0.620. The van der Waals surface area contributed by atoms with Gasteiger partial charge in [-0.05, 0) is 25.3 Å². The highest BCUT2D eigenvalue weighted by atomic mass is 19.1. The van der Waals surface area contributed by atoms with Crippen molar-refractivity contribution in [3.05, 3.63) is 23.5 Å². The number of hydrogen-bond acceptors (Lipinski definition) is 4. The van der Waals surface area contributed by atoms with E-state index in [2.05, 4.69) is 4.99 Å². The van der Waals surface area contributed by atoms with Crippen molar-refractivity contribution in [1.82, 2.24) is 0 Å². The molecule has 1 aromatic rings. The van der Waals surface area contributed by atoms with Gasteiger partial charge in [-0.3, -0.25) is 0 Å². The van der Waals surface area contributed by atoms with Crippen molar-refractivity contribution in [1.29, 1.82) is 0 Å². The zero-order valence-corrected chi connectivity index (χ0v) is 9.36. The molecule has 4 nitrogen and oxygen atoms in total. The second kappa shape index (κ2) is 4.18. The van der Waals surface area contributed by atoms with E-state index in [0.717, 1.165) is 12.5 Å². The molecular weight excluding hydrogens is 225 g/mol. The molecule has 90 valence electrons. The highest BCUT2D eigenvalue weighted by Crippen LogP contribution is 2.47. The lowest BCUT2D eigenvalue weighted by molar-refractivity contribution is 0.245. The van der Waals surface area contributed by atoms with Gasteiger partial charge in [0.1, 0.15) is 11.4 Å². The van der Waals surface area contributed by atoms with Gasteiger partial charge in [-0.1, -0.05) is 0 Å². The van der Waals surface area contributed by atoms with Gasteiger partial charge in [0.05, 0.1) is 7.11 Å². The summed E-state index contributed by atoms with van der Waals surface area (Å²) in [6.07, 6.45) is 3.53. The molecule has 0 aliphatic heterocycles. The Balaban J connectivity index is 2.52. The van der Waals surface area contributed by atoms with Gasteiger partial charge in [0, 0.05) is 11.6 Å². The number of isocyanates is 1. The molecule has 1 aromatic carbocycles. The normalized spacial score (nSPS) is 16.8. The van der Waals surface area contributed by atoms with Crippen LogP contribution in [-0.4, -0.2) is 18.3 Å². The predicted octanol–water partition coefficient (Wildman–Crippen LogP) is 2.25. The summed E-state index contributed by atoms with van der Waals surface area (Å²) in [6.45, 7) is 0. The topological polar surface area (TPSA) is 58.9 Å². The number of aliphatic imine (C=N–C) groups is 1. The summed E-state index contributed by atoms with van der Waals surface area (Å²) < 4.78 is 18.7. The number of aromatic hydroxyl groups is 1. The molecule has 1 fully saturated rings.